The Balaban J connectivity index is 3.64. The van der Waals surface area contributed by atoms with E-state index in [-0.39, 0.29) is 25.4 Å². The maximum Gasteiger partial charge on any atom is 0.332 e. The monoisotopic (exact) mass is 275 g/mol. The number of hydrogen-bond donors (Lipinski definition) is 5. The minimum Gasteiger partial charge on any atom is -0.479 e. The van der Waals surface area contributed by atoms with Crippen LogP contribution < -0.4 is 16.0 Å². The first-order valence-corrected chi connectivity index (χ1v) is 6.02. The molecule has 8 nitrogen and oxygen atoms in total. The van der Waals surface area contributed by atoms with Crippen molar-refractivity contribution in [3.8, 4) is 0 Å². The highest BCUT2D eigenvalue weighted by molar-refractivity contribution is 5.83. The van der Waals surface area contributed by atoms with E-state index in [1.165, 1.54) is 0 Å². The van der Waals surface area contributed by atoms with Crippen LogP contribution >= 0.6 is 0 Å². The van der Waals surface area contributed by atoms with Crippen molar-refractivity contribution in [3.63, 3.8) is 0 Å². The minimum atomic E-state index is -1.50. The molecule has 0 aliphatic carbocycles. The molecule has 0 aliphatic heterocycles. The first-order chi connectivity index (χ1) is 8.82. The number of aliphatic carboxylic acids is 1. The summed E-state index contributed by atoms with van der Waals surface area (Å²) in [6.45, 7) is 4.29. The molecule has 0 aliphatic rings. The zero-order valence-electron chi connectivity index (χ0n) is 11.1. The van der Waals surface area contributed by atoms with E-state index in [0.717, 1.165) is 0 Å². The summed E-state index contributed by atoms with van der Waals surface area (Å²) in [4.78, 5) is 32.7. The molecule has 0 aromatic rings. The van der Waals surface area contributed by atoms with E-state index in [0.29, 0.717) is 12.5 Å². The molecule has 0 radical (unpaired) electrons. The molecule has 1 unspecified atom stereocenters. The van der Waals surface area contributed by atoms with Crippen LogP contribution in [-0.2, 0) is 9.59 Å². The molecule has 0 spiro atoms. The first-order valence-electron chi connectivity index (χ1n) is 6.02. The predicted molar refractivity (Wildman–Crippen MR) is 67.5 cm³/mol. The van der Waals surface area contributed by atoms with Gasteiger partial charge in [0.15, 0.2) is 6.10 Å². The highest BCUT2D eigenvalue weighted by Gasteiger charge is 2.13. The topological polar surface area (TPSA) is 128 Å². The molecule has 0 aromatic heterocycles. The third kappa shape index (κ3) is 9.83. The second-order valence-electron chi connectivity index (χ2n) is 4.45. The Hall–Kier alpha value is -1.83. The van der Waals surface area contributed by atoms with Crippen molar-refractivity contribution < 1.29 is 24.6 Å². The molecule has 0 saturated heterocycles. The maximum absolute atomic E-state index is 11.3. The molecular weight excluding hydrogens is 254 g/mol. The number of aliphatic hydroxyl groups is 1. The highest BCUT2D eigenvalue weighted by atomic mass is 16.4. The summed E-state index contributed by atoms with van der Waals surface area (Å²) in [5, 5.41) is 24.6. The largest absolute Gasteiger partial charge is 0.479 e. The van der Waals surface area contributed by atoms with Crippen molar-refractivity contribution in [2.75, 3.05) is 19.6 Å². The van der Waals surface area contributed by atoms with Gasteiger partial charge in [0.05, 0.1) is 6.54 Å². The summed E-state index contributed by atoms with van der Waals surface area (Å²) in [5.74, 6) is -1.31. The lowest BCUT2D eigenvalue weighted by atomic mass is 10.2. The molecule has 0 fully saturated rings. The van der Waals surface area contributed by atoms with Gasteiger partial charge in [-0.1, -0.05) is 13.8 Å². The molecule has 0 bridgehead atoms. The van der Waals surface area contributed by atoms with Crippen LogP contribution in [0, 0.1) is 5.92 Å². The number of carboxylic acids is 1. The van der Waals surface area contributed by atoms with Crippen molar-refractivity contribution in [2.45, 2.75) is 26.4 Å². The van der Waals surface area contributed by atoms with Crippen LogP contribution in [0.3, 0.4) is 0 Å². The molecule has 110 valence electrons. The summed E-state index contributed by atoms with van der Waals surface area (Å²) in [7, 11) is 0. The number of urea groups is 1. The van der Waals surface area contributed by atoms with Crippen molar-refractivity contribution >= 4 is 17.9 Å². The van der Waals surface area contributed by atoms with Crippen molar-refractivity contribution in [1.82, 2.24) is 16.0 Å². The van der Waals surface area contributed by atoms with Gasteiger partial charge in [-0.25, -0.2) is 9.59 Å². The Labute approximate surface area is 111 Å². The maximum atomic E-state index is 11.3. The van der Waals surface area contributed by atoms with E-state index in [1.807, 2.05) is 13.8 Å². The van der Waals surface area contributed by atoms with Gasteiger partial charge in [-0.05, 0) is 5.92 Å². The number of carboxylic acid groups (broad SMARTS) is 1. The van der Waals surface area contributed by atoms with Crippen LogP contribution in [0.4, 0.5) is 4.79 Å². The number of nitrogens with one attached hydrogen (secondary N) is 3. The average Bonchev–Trinajstić information content (AvgIpc) is 2.33. The van der Waals surface area contributed by atoms with Crippen LogP contribution in [0.5, 0.6) is 0 Å². The lowest BCUT2D eigenvalue weighted by Gasteiger charge is -2.10. The van der Waals surface area contributed by atoms with Crippen LogP contribution in [0.25, 0.3) is 0 Å². The fourth-order valence-corrected chi connectivity index (χ4v) is 1.05. The summed E-state index contributed by atoms with van der Waals surface area (Å²) >= 11 is 0. The van der Waals surface area contributed by atoms with E-state index < -0.39 is 18.1 Å². The Bertz CT molecular complexity index is 319. The third-order valence-corrected chi connectivity index (χ3v) is 2.11. The third-order valence-electron chi connectivity index (χ3n) is 2.11. The van der Waals surface area contributed by atoms with Crippen molar-refractivity contribution in [3.05, 3.63) is 0 Å². The molecule has 8 heteroatoms. The average molecular weight is 275 g/mol. The fraction of sp³-hybridized carbons (Fsp3) is 0.727. The van der Waals surface area contributed by atoms with Crippen LogP contribution in [-0.4, -0.2) is 53.9 Å². The number of hydrogen-bond acceptors (Lipinski definition) is 4. The molecular formula is C11H21N3O5. The quantitative estimate of drug-likeness (QED) is 0.384. The van der Waals surface area contributed by atoms with Crippen molar-refractivity contribution in [2.24, 2.45) is 5.92 Å². The number of carbonyl (C=O) groups is 3. The Morgan fingerprint density at radius 1 is 1.11 bits per heavy atom. The summed E-state index contributed by atoms with van der Waals surface area (Å²) < 4.78 is 0. The molecule has 0 heterocycles. The first kappa shape index (κ1) is 17.2. The number of aliphatic hydroxyl groups excluding tert-OH is 1. The fourth-order valence-electron chi connectivity index (χ4n) is 1.05. The number of carbonyl (C=O) groups excluding carboxylic acids is 2. The predicted octanol–water partition coefficient (Wildman–Crippen LogP) is -1.11. The molecule has 5 N–H and O–H groups in total. The number of rotatable bonds is 8. The molecule has 3 amide bonds. The van der Waals surface area contributed by atoms with E-state index in [2.05, 4.69) is 16.0 Å². The van der Waals surface area contributed by atoms with E-state index in [4.69, 9.17) is 10.2 Å². The van der Waals surface area contributed by atoms with E-state index >= 15 is 0 Å². The van der Waals surface area contributed by atoms with Crippen LogP contribution in [0.1, 0.15) is 20.3 Å². The molecule has 19 heavy (non-hydrogen) atoms. The Morgan fingerprint density at radius 2 is 1.74 bits per heavy atom. The SMILES string of the molecule is CC(C)CNC(=O)CNC(=O)NCCC(O)C(=O)O. The van der Waals surface area contributed by atoms with Crippen LogP contribution in [0.2, 0.25) is 0 Å². The zero-order chi connectivity index (χ0) is 14.8. The molecule has 0 saturated carbocycles. The van der Waals surface area contributed by atoms with Crippen LogP contribution in [0.15, 0.2) is 0 Å². The lowest BCUT2D eigenvalue weighted by molar-refractivity contribution is -0.146. The smallest absolute Gasteiger partial charge is 0.332 e. The summed E-state index contributed by atoms with van der Waals surface area (Å²) in [6, 6.07) is -0.586. The normalized spacial score (nSPS) is 11.8. The van der Waals surface area contributed by atoms with Gasteiger partial charge >= 0.3 is 12.0 Å². The molecule has 0 rings (SSSR count). The Kier molecular flexibility index (Phi) is 8.27. The lowest BCUT2D eigenvalue weighted by Crippen LogP contribution is -2.43. The standard InChI is InChI=1S/C11H21N3O5/c1-7(2)5-13-9(16)6-14-11(19)12-4-3-8(15)10(17)18/h7-8,15H,3-6H2,1-2H3,(H,13,16)(H,17,18)(H2,12,14,19). The summed E-state index contributed by atoms with van der Waals surface area (Å²) in [5.41, 5.74) is 0. The van der Waals surface area contributed by atoms with Crippen molar-refractivity contribution in [1.29, 1.82) is 0 Å². The number of amides is 3. The van der Waals surface area contributed by atoms with Gasteiger partial charge in [-0.3, -0.25) is 4.79 Å². The highest BCUT2D eigenvalue weighted by Crippen LogP contribution is 1.89. The second-order valence-corrected chi connectivity index (χ2v) is 4.45. The van der Waals surface area contributed by atoms with Gasteiger partial charge in [-0.2, -0.15) is 0 Å². The zero-order valence-corrected chi connectivity index (χ0v) is 11.1. The van der Waals surface area contributed by atoms with E-state index in [9.17, 15) is 14.4 Å². The summed E-state index contributed by atoms with van der Waals surface area (Å²) in [6.07, 6.45) is -1.60. The minimum absolute atomic E-state index is 0.00686. The Morgan fingerprint density at radius 3 is 2.26 bits per heavy atom. The van der Waals surface area contributed by atoms with E-state index in [1.54, 1.807) is 0 Å². The molecule has 0 aromatic carbocycles. The van der Waals surface area contributed by atoms with Gasteiger partial charge in [-0.15, -0.1) is 0 Å². The van der Waals surface area contributed by atoms with Gasteiger partial charge in [0.25, 0.3) is 0 Å². The van der Waals surface area contributed by atoms with Gasteiger partial charge < -0.3 is 26.2 Å². The second kappa shape index (κ2) is 9.15. The molecule has 1 atom stereocenters. The van der Waals surface area contributed by atoms with Gasteiger partial charge in [0, 0.05) is 19.5 Å². The van der Waals surface area contributed by atoms with Gasteiger partial charge in [0.2, 0.25) is 5.91 Å². The van der Waals surface area contributed by atoms with Gasteiger partial charge in [0.1, 0.15) is 0 Å².